The van der Waals surface area contributed by atoms with E-state index in [9.17, 15) is 33.2 Å². The lowest BCUT2D eigenvalue weighted by Gasteiger charge is -2.27. The largest absolute Gasteiger partial charge is 0.480 e. The van der Waals surface area contributed by atoms with Gasteiger partial charge in [-0.15, -0.1) is 0 Å². The van der Waals surface area contributed by atoms with E-state index in [4.69, 9.17) is 4.74 Å². The summed E-state index contributed by atoms with van der Waals surface area (Å²) in [7, 11) is -4.19. The van der Waals surface area contributed by atoms with E-state index in [-0.39, 0.29) is 18.7 Å². The van der Waals surface area contributed by atoms with Crippen molar-refractivity contribution in [2.75, 3.05) is 18.0 Å². The molecule has 0 bridgehead atoms. The normalized spacial score (nSPS) is 11.6. The third-order valence-corrected chi connectivity index (χ3v) is 5.74. The summed E-state index contributed by atoms with van der Waals surface area (Å²) in [6.07, 6.45) is -0.785. The molecule has 2 rings (SSSR count). The highest BCUT2D eigenvalue weighted by Crippen LogP contribution is 2.25. The van der Waals surface area contributed by atoms with Gasteiger partial charge in [0.2, 0.25) is 10.0 Å². The smallest absolute Gasteiger partial charge is 0.415 e. The lowest BCUT2D eigenvalue weighted by molar-refractivity contribution is -0.387. The Hall–Kier alpha value is -3.51. The lowest BCUT2D eigenvalue weighted by atomic mass is 10.1. The molecule has 11 nitrogen and oxygen atoms in total. The molecule has 0 aliphatic heterocycles. The third kappa shape index (κ3) is 7.26. The Kier molecular flexibility index (Phi) is 8.12. The molecule has 0 saturated heterocycles. The van der Waals surface area contributed by atoms with Gasteiger partial charge < -0.3 is 9.84 Å². The van der Waals surface area contributed by atoms with Crippen molar-refractivity contribution < 1.29 is 32.8 Å². The number of carbonyl (C=O) groups excluding carboxylic acids is 1. The fraction of sp³-hybridized carbons (Fsp3) is 0.333. The topological polar surface area (TPSA) is 156 Å². The number of amides is 1. The number of nitrogens with one attached hydrogen (secondary N) is 1. The number of nitrogens with zero attached hydrogens (tertiary/aromatic N) is 2. The maximum absolute atomic E-state index is 12.6. The van der Waals surface area contributed by atoms with Crippen LogP contribution in [-0.4, -0.2) is 49.2 Å². The number of nitro benzene ring substituents is 1. The third-order valence-electron chi connectivity index (χ3n) is 4.23. The number of carbonyl (C=O) groups is 2. The number of benzene rings is 2. The van der Waals surface area contributed by atoms with Crippen molar-refractivity contribution in [1.29, 1.82) is 0 Å². The van der Waals surface area contributed by atoms with Gasteiger partial charge >= 0.3 is 12.1 Å². The minimum Gasteiger partial charge on any atom is -0.480 e. The molecule has 0 radical (unpaired) electrons. The second-order valence-electron chi connectivity index (χ2n) is 7.96. The number of para-hydroxylation sites is 2. The Bertz CT molecular complexity index is 1140. The van der Waals surface area contributed by atoms with Gasteiger partial charge in [0.25, 0.3) is 5.69 Å². The molecular formula is C21H25N3O8S. The fourth-order valence-corrected chi connectivity index (χ4v) is 4.12. The Morgan fingerprint density at radius 3 is 2.33 bits per heavy atom. The van der Waals surface area contributed by atoms with Gasteiger partial charge in [0, 0.05) is 12.6 Å². The van der Waals surface area contributed by atoms with Crippen molar-refractivity contribution in [3.05, 3.63) is 64.2 Å². The number of aliphatic carboxylic acids is 1. The lowest BCUT2D eigenvalue weighted by Crippen LogP contribution is -2.40. The summed E-state index contributed by atoms with van der Waals surface area (Å²) < 4.78 is 32.8. The second-order valence-corrected chi connectivity index (χ2v) is 9.70. The van der Waals surface area contributed by atoms with Gasteiger partial charge in [-0.05, 0) is 44.9 Å². The summed E-state index contributed by atoms with van der Waals surface area (Å²) in [6, 6.07) is 11.4. The van der Waals surface area contributed by atoms with Gasteiger partial charge in [-0.1, -0.05) is 30.3 Å². The molecule has 178 valence electrons. The molecule has 2 aromatic rings. The molecule has 2 aromatic carbocycles. The molecule has 0 spiro atoms. The van der Waals surface area contributed by atoms with Gasteiger partial charge in [-0.2, -0.15) is 0 Å². The highest BCUT2D eigenvalue weighted by Gasteiger charge is 2.28. The van der Waals surface area contributed by atoms with Crippen LogP contribution in [-0.2, 0) is 26.0 Å². The average Bonchev–Trinajstić information content (AvgIpc) is 2.71. The van der Waals surface area contributed by atoms with Crippen LogP contribution in [0.15, 0.2) is 53.4 Å². The first-order chi connectivity index (χ1) is 15.3. The van der Waals surface area contributed by atoms with E-state index in [0.717, 1.165) is 17.0 Å². The molecule has 0 aromatic heterocycles. The number of rotatable bonds is 9. The monoisotopic (exact) mass is 479 g/mol. The quantitative estimate of drug-likeness (QED) is 0.411. The summed E-state index contributed by atoms with van der Waals surface area (Å²) in [5.41, 5.74) is -0.681. The Morgan fingerprint density at radius 2 is 1.73 bits per heavy atom. The van der Waals surface area contributed by atoms with Crippen molar-refractivity contribution in [3.63, 3.8) is 0 Å². The standard InChI is InChI=1S/C21H25N3O8S/c1-21(2,3)32-20(27)23(14-19(25)26)16-9-5-4-8-15(16)12-13-22-33(30,31)18-11-7-6-10-17(18)24(28)29/h4-11,22H,12-14H2,1-3H3,(H,25,26). The number of ether oxygens (including phenoxy) is 1. The highest BCUT2D eigenvalue weighted by atomic mass is 32.2. The molecule has 0 aliphatic carbocycles. The van der Waals surface area contributed by atoms with Crippen molar-refractivity contribution in [2.24, 2.45) is 0 Å². The number of hydrogen-bond donors (Lipinski definition) is 2. The van der Waals surface area contributed by atoms with E-state index >= 15 is 0 Å². The molecule has 0 atom stereocenters. The van der Waals surface area contributed by atoms with E-state index in [0.29, 0.717) is 5.56 Å². The van der Waals surface area contributed by atoms with E-state index in [2.05, 4.69) is 4.72 Å². The van der Waals surface area contributed by atoms with Crippen LogP contribution >= 0.6 is 0 Å². The van der Waals surface area contributed by atoms with Crippen LogP contribution in [0.3, 0.4) is 0 Å². The zero-order valence-corrected chi connectivity index (χ0v) is 19.2. The molecule has 33 heavy (non-hydrogen) atoms. The van der Waals surface area contributed by atoms with Gasteiger partial charge in [-0.3, -0.25) is 19.8 Å². The first-order valence-electron chi connectivity index (χ1n) is 9.85. The van der Waals surface area contributed by atoms with Gasteiger partial charge in [0.15, 0.2) is 4.90 Å². The maximum Gasteiger partial charge on any atom is 0.415 e. The fourth-order valence-electron chi connectivity index (χ4n) is 2.92. The number of carboxylic acids is 1. The second kappa shape index (κ2) is 10.4. The molecule has 0 saturated carbocycles. The first kappa shape index (κ1) is 25.7. The van der Waals surface area contributed by atoms with Gasteiger partial charge in [-0.25, -0.2) is 17.9 Å². The zero-order chi connectivity index (χ0) is 24.8. The molecule has 0 unspecified atom stereocenters. The summed E-state index contributed by atoms with van der Waals surface area (Å²) in [5, 5.41) is 20.4. The van der Waals surface area contributed by atoms with Crippen LogP contribution in [0.25, 0.3) is 0 Å². The maximum atomic E-state index is 12.6. The van der Waals surface area contributed by atoms with Crippen molar-refractivity contribution >= 4 is 33.5 Å². The Balaban J connectivity index is 2.25. The zero-order valence-electron chi connectivity index (χ0n) is 18.3. The number of carboxylic acid groups (broad SMARTS) is 1. The predicted molar refractivity (Wildman–Crippen MR) is 120 cm³/mol. The molecule has 1 amide bonds. The molecule has 0 fully saturated rings. The minimum absolute atomic E-state index is 0.0783. The number of anilines is 1. The van der Waals surface area contributed by atoms with E-state index in [1.807, 2.05) is 0 Å². The minimum atomic E-state index is -4.19. The summed E-state index contributed by atoms with van der Waals surface area (Å²) in [6.45, 7) is 4.13. The molecule has 12 heteroatoms. The average molecular weight is 480 g/mol. The van der Waals surface area contributed by atoms with E-state index < -0.39 is 49.7 Å². The SMILES string of the molecule is CC(C)(C)OC(=O)N(CC(=O)O)c1ccccc1CCNS(=O)(=O)c1ccccc1[N+](=O)[O-]. The number of hydrogen-bond acceptors (Lipinski definition) is 7. The molecule has 0 heterocycles. The summed E-state index contributed by atoms with van der Waals surface area (Å²) in [5.74, 6) is -1.26. The predicted octanol–water partition coefficient (Wildman–Crippen LogP) is 2.94. The first-order valence-corrected chi connectivity index (χ1v) is 11.3. The Labute approximate surface area is 191 Å². The van der Waals surface area contributed by atoms with Crippen molar-refractivity contribution in [1.82, 2.24) is 4.72 Å². The molecule has 0 aliphatic rings. The highest BCUT2D eigenvalue weighted by molar-refractivity contribution is 7.89. The van der Waals surface area contributed by atoms with E-state index in [1.54, 1.807) is 39.0 Å². The number of nitro groups is 1. The van der Waals surface area contributed by atoms with Crippen LogP contribution in [0.4, 0.5) is 16.2 Å². The Morgan fingerprint density at radius 1 is 1.12 bits per heavy atom. The van der Waals surface area contributed by atoms with E-state index in [1.165, 1.54) is 18.2 Å². The molecular weight excluding hydrogens is 454 g/mol. The van der Waals surface area contributed by atoms with Crippen LogP contribution < -0.4 is 9.62 Å². The van der Waals surface area contributed by atoms with Gasteiger partial charge in [0.05, 0.1) is 10.6 Å². The summed E-state index contributed by atoms with van der Waals surface area (Å²) in [4.78, 5) is 34.8. The van der Waals surface area contributed by atoms with Crippen LogP contribution in [0, 0.1) is 10.1 Å². The van der Waals surface area contributed by atoms with Crippen LogP contribution in [0.5, 0.6) is 0 Å². The van der Waals surface area contributed by atoms with Crippen molar-refractivity contribution in [2.45, 2.75) is 37.7 Å². The number of sulfonamides is 1. The van der Waals surface area contributed by atoms with Gasteiger partial charge in [0.1, 0.15) is 12.1 Å². The van der Waals surface area contributed by atoms with Crippen molar-refractivity contribution in [3.8, 4) is 0 Å². The van der Waals surface area contributed by atoms with Crippen LogP contribution in [0.1, 0.15) is 26.3 Å². The molecule has 2 N–H and O–H groups in total. The van der Waals surface area contributed by atoms with Crippen LogP contribution in [0.2, 0.25) is 0 Å². The summed E-state index contributed by atoms with van der Waals surface area (Å²) >= 11 is 0.